The van der Waals surface area contributed by atoms with Gasteiger partial charge in [-0.25, -0.2) is 0 Å². The van der Waals surface area contributed by atoms with Crippen LogP contribution < -0.4 is 0 Å². The van der Waals surface area contributed by atoms with Crippen molar-refractivity contribution in [1.29, 1.82) is 0 Å². The number of rotatable bonds is 65. The van der Waals surface area contributed by atoms with Crippen LogP contribution in [-0.2, 0) is 0 Å². The Hall–Kier alpha value is -6.64. The van der Waals surface area contributed by atoms with Crippen molar-refractivity contribution in [3.63, 3.8) is 0 Å². The topological polar surface area (TPSA) is 0 Å². The maximum absolute atomic E-state index is 6.52. The predicted molar refractivity (Wildman–Crippen MR) is 511 cm³/mol. The molecule has 0 saturated heterocycles. The second-order valence-electron chi connectivity index (χ2n) is 33.7. The van der Waals surface area contributed by atoms with Gasteiger partial charge < -0.3 is 0 Å². The predicted octanol–water partition coefficient (Wildman–Crippen LogP) is 32.9. The van der Waals surface area contributed by atoms with Crippen molar-refractivity contribution in [2.75, 3.05) is 0 Å². The summed E-state index contributed by atoms with van der Waals surface area (Å²) in [6, 6.07) is 0. The van der Waals surface area contributed by atoms with Crippen LogP contribution in [0.2, 0.25) is 0 Å². The van der Waals surface area contributed by atoms with Gasteiger partial charge in [0.25, 0.3) is 0 Å². The van der Waals surface area contributed by atoms with Gasteiger partial charge in [0.05, 0.1) is 16.2 Å². The highest BCUT2D eigenvalue weighted by Crippen LogP contribution is 2.76. The highest BCUT2D eigenvalue weighted by Gasteiger charge is 2.74. The molecule has 6 atom stereocenters. The molecule has 0 radical (unpaired) electrons. The van der Waals surface area contributed by atoms with E-state index in [0.717, 1.165) is 327 Å². The van der Waals surface area contributed by atoms with Crippen LogP contribution in [0.1, 0.15) is 506 Å². The smallest absolute Gasteiger partial charge is 0.0756 e. The summed E-state index contributed by atoms with van der Waals surface area (Å²) >= 11 is 0. The molecule has 0 aromatic heterocycles. The molecule has 0 aliphatic rings. The molecular formula is C115H172. The Morgan fingerprint density at radius 3 is 1.07 bits per heavy atom. The number of allylic oxidation sites excluding steroid dienone is 1. The molecule has 0 spiro atoms. The van der Waals surface area contributed by atoms with Crippen molar-refractivity contribution in [3.05, 3.63) is 17.4 Å². The van der Waals surface area contributed by atoms with Gasteiger partial charge in [0.1, 0.15) is 0 Å². The van der Waals surface area contributed by atoms with Crippen LogP contribution in [-0.4, -0.2) is 0 Å². The summed E-state index contributed by atoms with van der Waals surface area (Å²) in [5.74, 6) is 91.8. The second kappa shape index (κ2) is 77.3. The van der Waals surface area contributed by atoms with Crippen LogP contribution >= 0.6 is 0 Å². The summed E-state index contributed by atoms with van der Waals surface area (Å²) < 4.78 is 0. The SMILES string of the molecule is C#CCCCCCCCC(=C=CC(C#CCCCCCCC)(CC#CCCCCCC)C(CC#CCCCCC)(CCCCCCC#C)C(C#CCCCCCC)(CCCCCC#C)C(C#CCCCCC)(CC#CCCCC)C(CC#CCCC)(CCCCC#C)C(C)(C#CCCCC)CCCC#C)C#CCCCCCCCC. The van der Waals surface area contributed by atoms with Gasteiger partial charge in [-0.1, -0.05) is 290 Å². The van der Waals surface area contributed by atoms with E-state index in [2.05, 4.69) is 205 Å². The molecule has 0 aromatic rings. The first-order valence-electron chi connectivity index (χ1n) is 48.4. The molecule has 0 aromatic carbocycles. The lowest BCUT2D eigenvalue weighted by molar-refractivity contribution is -0.162. The van der Waals surface area contributed by atoms with Gasteiger partial charge in [0.2, 0.25) is 0 Å². The molecule has 0 N–H and O–H groups in total. The molecule has 0 aliphatic carbocycles. The summed E-state index contributed by atoms with van der Waals surface area (Å²) in [6.07, 6.45) is 98.4. The molecule has 0 heterocycles. The molecule has 0 nitrogen and oxygen atoms in total. The Morgan fingerprint density at radius 2 is 0.557 bits per heavy atom. The molecule has 632 valence electrons. The highest BCUT2D eigenvalue weighted by molar-refractivity contribution is 5.47. The minimum atomic E-state index is -1.10. The lowest BCUT2D eigenvalue weighted by Gasteiger charge is -2.68. The second-order valence-corrected chi connectivity index (χ2v) is 33.7. The van der Waals surface area contributed by atoms with Crippen LogP contribution in [0.3, 0.4) is 0 Å². The summed E-state index contributed by atoms with van der Waals surface area (Å²) in [5, 5.41) is 0. The number of unbranched alkanes of at least 4 members (excludes halogenated alkanes) is 45. The first-order chi connectivity index (χ1) is 56.5. The molecule has 0 saturated carbocycles. The van der Waals surface area contributed by atoms with Crippen molar-refractivity contribution >= 4 is 0 Å². The van der Waals surface area contributed by atoms with E-state index in [1.165, 1.54) is 64.2 Å². The van der Waals surface area contributed by atoms with Crippen molar-refractivity contribution in [2.45, 2.75) is 506 Å². The maximum Gasteiger partial charge on any atom is 0.0756 e. The fraction of sp³-hybridized carbons (Fsp3) is 0.730. The van der Waals surface area contributed by atoms with Crippen LogP contribution in [0.15, 0.2) is 17.4 Å². The minimum Gasteiger partial charge on any atom is -0.120 e. The average molecular weight is 1550 g/mol. The van der Waals surface area contributed by atoms with Crippen molar-refractivity contribution in [1.82, 2.24) is 0 Å². The highest BCUT2D eigenvalue weighted by atomic mass is 14.7. The quantitative estimate of drug-likeness (QED) is 0.0323. The molecule has 0 amide bonds. The van der Waals surface area contributed by atoms with Gasteiger partial charge in [-0.2, -0.15) is 0 Å². The van der Waals surface area contributed by atoms with Crippen LogP contribution in [0.25, 0.3) is 0 Å². The molecule has 115 heavy (non-hydrogen) atoms. The number of hydrogen-bond donors (Lipinski definition) is 0. The molecule has 0 fully saturated rings. The third kappa shape index (κ3) is 45.8. The van der Waals surface area contributed by atoms with Gasteiger partial charge in [0.15, 0.2) is 0 Å². The summed E-state index contributed by atoms with van der Waals surface area (Å²) in [5.41, 5.74) is -0.322. The summed E-state index contributed by atoms with van der Waals surface area (Å²) in [6.45, 7) is 23.3. The normalized spacial score (nSPS) is 13.5. The molecule has 0 rings (SSSR count). The molecule has 0 heteroatoms. The third-order valence-corrected chi connectivity index (χ3v) is 24.1. The minimum absolute atomic E-state index is 0.465. The van der Waals surface area contributed by atoms with Crippen LogP contribution in [0.4, 0.5) is 0 Å². The zero-order valence-electron chi connectivity index (χ0n) is 77.0. The monoisotopic (exact) mass is 1550 g/mol. The van der Waals surface area contributed by atoms with Gasteiger partial charge in [-0.3, -0.25) is 0 Å². The zero-order chi connectivity index (χ0) is 84.3. The first-order valence-corrected chi connectivity index (χ1v) is 48.4. The van der Waals surface area contributed by atoms with E-state index >= 15 is 0 Å². The fourth-order valence-electron chi connectivity index (χ4n) is 17.1. The third-order valence-electron chi connectivity index (χ3n) is 24.1. The van der Waals surface area contributed by atoms with E-state index in [1.54, 1.807) is 0 Å². The Bertz CT molecular complexity index is 3380. The van der Waals surface area contributed by atoms with Crippen molar-refractivity contribution < 1.29 is 0 Å². The van der Waals surface area contributed by atoms with Gasteiger partial charge in [-0.15, -0.1) is 138 Å². The zero-order valence-corrected chi connectivity index (χ0v) is 77.0. The average Bonchev–Trinajstić information content (AvgIpc) is 0.670. The lowest BCUT2D eigenvalue weighted by Crippen LogP contribution is -2.67. The van der Waals surface area contributed by atoms with Gasteiger partial charge >= 0.3 is 0 Å². The maximum atomic E-state index is 6.52. The van der Waals surface area contributed by atoms with Gasteiger partial charge in [0, 0.05) is 137 Å². The summed E-state index contributed by atoms with van der Waals surface area (Å²) in [4.78, 5) is 0. The Balaban J connectivity index is 13.1. The first kappa shape index (κ1) is 108. The number of terminal acetylenes is 5. The van der Waals surface area contributed by atoms with E-state index in [-0.39, 0.29) is 0 Å². The van der Waals surface area contributed by atoms with Gasteiger partial charge in [-0.05, 0) is 141 Å². The van der Waals surface area contributed by atoms with Crippen LogP contribution in [0.5, 0.6) is 0 Å². The Kier molecular flexibility index (Phi) is 72.8. The number of hydrogen-bond acceptors (Lipinski definition) is 0. The standard InChI is InChI=1S/C115H172/c1-16-30-44-57-64-66-70-80-94-109(93-79-69-65-58-45-31-17-2)95-108-111(98-83-74-67-59-46-32-18-3,99-84-75-68-60-47-33-19-4)113(102-87-76-61-48-34-20-5,103-88-77-62-49-35-21-6)115(106-91-73-53-39-25-10,107-92-78-63-50-36-22-7)114(104-89-71-51-37-23-8,105-90-72-52-38-24-9)112(100-85-55-41-27-12,101-86-56-42-28-13)110(15,96-81-43-29-14)97-82-54-40-26-11/h2,5,10,12,14,108H,16,18-19,21-24,26,28,30-55,57-71,73-74,76,78-79,81,85,87,91,93,96,99-103,105-106H2,1,3-4,6-9,11,13,15H3. The molecule has 6 unspecified atom stereocenters. The Labute approximate surface area is 719 Å². The van der Waals surface area contributed by atoms with Crippen molar-refractivity contribution in [2.24, 2.45) is 32.5 Å². The lowest BCUT2D eigenvalue weighted by atomic mass is 9.31. The van der Waals surface area contributed by atoms with E-state index in [4.69, 9.17) is 44.0 Å². The van der Waals surface area contributed by atoms with Crippen molar-refractivity contribution in [3.8, 4) is 168 Å². The molecular weight excluding hydrogens is 1380 g/mol. The molecule has 0 bridgehead atoms. The van der Waals surface area contributed by atoms with E-state index < -0.39 is 32.5 Å². The van der Waals surface area contributed by atoms with E-state index in [0.29, 0.717) is 51.4 Å². The summed E-state index contributed by atoms with van der Waals surface area (Å²) in [7, 11) is 0. The Morgan fingerprint density at radius 1 is 0.235 bits per heavy atom. The van der Waals surface area contributed by atoms with E-state index in [1.807, 2.05) is 0 Å². The molecule has 0 aliphatic heterocycles. The van der Waals surface area contributed by atoms with Crippen LogP contribution in [0, 0.1) is 201 Å². The largest absolute Gasteiger partial charge is 0.120 e. The fourth-order valence-corrected chi connectivity index (χ4v) is 17.1. The van der Waals surface area contributed by atoms with E-state index in [9.17, 15) is 0 Å².